The fourth-order valence-corrected chi connectivity index (χ4v) is 2.16. The van der Waals surface area contributed by atoms with Crippen LogP contribution in [-0.4, -0.2) is 13.1 Å². The van der Waals surface area contributed by atoms with Crippen LogP contribution in [0.4, 0.5) is 8.78 Å². The van der Waals surface area contributed by atoms with Gasteiger partial charge in [0.1, 0.15) is 11.6 Å². The van der Waals surface area contributed by atoms with Crippen LogP contribution < -0.4 is 5.32 Å². The van der Waals surface area contributed by atoms with Crippen molar-refractivity contribution in [3.63, 3.8) is 0 Å². The highest BCUT2D eigenvalue weighted by atomic mass is 19.1. The Balaban J connectivity index is 1.82. The van der Waals surface area contributed by atoms with Gasteiger partial charge in [-0.05, 0) is 36.2 Å². The first-order valence-corrected chi connectivity index (χ1v) is 6.79. The van der Waals surface area contributed by atoms with E-state index in [-0.39, 0.29) is 5.92 Å². The number of halogens is 2. The van der Waals surface area contributed by atoms with Crippen LogP contribution in [0.15, 0.2) is 48.5 Å². The monoisotopic (exact) mass is 286 g/mol. The third-order valence-corrected chi connectivity index (χ3v) is 3.22. The summed E-state index contributed by atoms with van der Waals surface area (Å²) in [6.07, 6.45) is 0.515. The van der Waals surface area contributed by atoms with Crippen LogP contribution in [0.1, 0.15) is 17.0 Å². The van der Waals surface area contributed by atoms with E-state index in [0.717, 1.165) is 11.6 Å². The van der Waals surface area contributed by atoms with Gasteiger partial charge in [0.2, 0.25) is 0 Å². The third kappa shape index (κ3) is 4.66. The largest absolute Gasteiger partial charge is 0.315 e. The minimum Gasteiger partial charge on any atom is -0.315 e. The van der Waals surface area contributed by atoms with Crippen LogP contribution in [0, 0.1) is 23.0 Å². The predicted octanol–water partition coefficient (Wildman–Crippen LogP) is 3.40. The fourth-order valence-electron chi connectivity index (χ4n) is 2.16. The fraction of sp³-hybridized carbons (Fsp3) is 0.235. The maximum Gasteiger partial charge on any atom is 0.126 e. The molecule has 2 rings (SSSR count). The maximum atomic E-state index is 13.0. The quantitative estimate of drug-likeness (QED) is 0.826. The molecule has 0 aliphatic rings. The van der Waals surface area contributed by atoms with Crippen LogP contribution in [0.2, 0.25) is 0 Å². The Morgan fingerprint density at radius 2 is 1.71 bits per heavy atom. The van der Waals surface area contributed by atoms with Gasteiger partial charge in [-0.25, -0.2) is 8.78 Å². The number of benzene rings is 2. The molecule has 0 saturated heterocycles. The molecule has 0 fully saturated rings. The Kier molecular flexibility index (Phi) is 5.42. The average molecular weight is 286 g/mol. The van der Waals surface area contributed by atoms with Crippen molar-refractivity contribution in [1.82, 2.24) is 5.32 Å². The van der Waals surface area contributed by atoms with Crippen molar-refractivity contribution in [3.8, 4) is 6.07 Å². The van der Waals surface area contributed by atoms with Crippen LogP contribution in [0.5, 0.6) is 0 Å². The number of nitrogens with one attached hydrogen (secondary N) is 1. The van der Waals surface area contributed by atoms with E-state index in [2.05, 4.69) is 11.4 Å². The molecule has 0 saturated carbocycles. The van der Waals surface area contributed by atoms with Gasteiger partial charge in [-0.1, -0.05) is 30.3 Å². The van der Waals surface area contributed by atoms with Gasteiger partial charge < -0.3 is 5.32 Å². The summed E-state index contributed by atoms with van der Waals surface area (Å²) in [6.45, 7) is 1.08. The molecule has 1 N–H and O–H groups in total. The minimum absolute atomic E-state index is 0.226. The van der Waals surface area contributed by atoms with E-state index in [4.69, 9.17) is 0 Å². The Hall–Kier alpha value is -2.25. The van der Waals surface area contributed by atoms with Crippen molar-refractivity contribution in [2.45, 2.75) is 12.3 Å². The summed E-state index contributed by atoms with van der Waals surface area (Å²) in [7, 11) is 0. The molecule has 2 nitrogen and oxygen atoms in total. The predicted molar refractivity (Wildman–Crippen MR) is 77.7 cm³/mol. The number of hydrogen-bond acceptors (Lipinski definition) is 2. The second-order valence-electron chi connectivity index (χ2n) is 4.82. The SMILES string of the molecule is N#CC(CNCCc1cc(F)cc(F)c1)c1ccccc1. The summed E-state index contributed by atoms with van der Waals surface area (Å²) < 4.78 is 26.1. The lowest BCUT2D eigenvalue weighted by Crippen LogP contribution is -2.23. The summed E-state index contributed by atoms with van der Waals surface area (Å²) in [5.74, 6) is -1.36. The van der Waals surface area contributed by atoms with Crippen molar-refractivity contribution in [2.75, 3.05) is 13.1 Å². The summed E-state index contributed by atoms with van der Waals surface area (Å²) in [4.78, 5) is 0. The van der Waals surface area contributed by atoms with E-state index in [1.54, 1.807) is 0 Å². The highest BCUT2D eigenvalue weighted by Gasteiger charge is 2.09. The summed E-state index contributed by atoms with van der Waals surface area (Å²) in [5, 5.41) is 12.3. The Morgan fingerprint density at radius 3 is 2.33 bits per heavy atom. The lowest BCUT2D eigenvalue weighted by Gasteiger charge is -2.11. The zero-order chi connectivity index (χ0) is 15.1. The molecule has 0 aliphatic carbocycles. The molecule has 0 radical (unpaired) electrons. The lowest BCUT2D eigenvalue weighted by molar-refractivity contribution is 0.577. The molecular weight excluding hydrogens is 270 g/mol. The maximum absolute atomic E-state index is 13.0. The van der Waals surface area contributed by atoms with E-state index in [1.165, 1.54) is 12.1 Å². The lowest BCUT2D eigenvalue weighted by atomic mass is 10.0. The first kappa shape index (κ1) is 15.1. The average Bonchev–Trinajstić information content (AvgIpc) is 2.47. The molecule has 4 heteroatoms. The zero-order valence-corrected chi connectivity index (χ0v) is 11.5. The van der Waals surface area contributed by atoms with Gasteiger partial charge in [0, 0.05) is 12.6 Å². The smallest absolute Gasteiger partial charge is 0.126 e. The van der Waals surface area contributed by atoms with Gasteiger partial charge in [0.15, 0.2) is 0 Å². The van der Waals surface area contributed by atoms with E-state index >= 15 is 0 Å². The summed E-state index contributed by atoms with van der Waals surface area (Å²) in [6, 6.07) is 15.3. The van der Waals surface area contributed by atoms with E-state index in [9.17, 15) is 14.0 Å². The second kappa shape index (κ2) is 7.51. The molecule has 0 heterocycles. The molecule has 1 unspecified atom stereocenters. The first-order chi connectivity index (χ1) is 10.2. The van der Waals surface area contributed by atoms with Gasteiger partial charge in [-0.15, -0.1) is 0 Å². The summed E-state index contributed by atoms with van der Waals surface area (Å²) in [5.41, 5.74) is 1.57. The minimum atomic E-state index is -0.566. The van der Waals surface area contributed by atoms with Crippen molar-refractivity contribution >= 4 is 0 Å². The molecule has 0 amide bonds. The van der Waals surface area contributed by atoms with Crippen molar-refractivity contribution < 1.29 is 8.78 Å². The van der Waals surface area contributed by atoms with Crippen molar-refractivity contribution in [1.29, 1.82) is 5.26 Å². The van der Waals surface area contributed by atoms with Gasteiger partial charge in [-0.2, -0.15) is 5.26 Å². The van der Waals surface area contributed by atoms with E-state index in [1.807, 2.05) is 30.3 Å². The molecular formula is C17H16F2N2. The normalized spacial score (nSPS) is 11.9. The highest BCUT2D eigenvalue weighted by molar-refractivity contribution is 5.25. The van der Waals surface area contributed by atoms with Crippen LogP contribution >= 0.6 is 0 Å². The topological polar surface area (TPSA) is 35.8 Å². The van der Waals surface area contributed by atoms with E-state index in [0.29, 0.717) is 25.1 Å². The molecule has 2 aromatic rings. The number of hydrogen-bond donors (Lipinski definition) is 1. The van der Waals surface area contributed by atoms with Gasteiger partial charge >= 0.3 is 0 Å². The molecule has 0 spiro atoms. The Morgan fingerprint density at radius 1 is 1.05 bits per heavy atom. The number of rotatable bonds is 6. The molecule has 1 atom stereocenters. The van der Waals surface area contributed by atoms with Crippen LogP contribution in [-0.2, 0) is 6.42 Å². The van der Waals surface area contributed by atoms with Crippen LogP contribution in [0.3, 0.4) is 0 Å². The van der Waals surface area contributed by atoms with E-state index < -0.39 is 11.6 Å². The first-order valence-electron chi connectivity index (χ1n) is 6.79. The molecule has 108 valence electrons. The van der Waals surface area contributed by atoms with Crippen molar-refractivity contribution in [2.24, 2.45) is 0 Å². The third-order valence-electron chi connectivity index (χ3n) is 3.22. The van der Waals surface area contributed by atoms with Gasteiger partial charge in [0.25, 0.3) is 0 Å². The molecule has 0 bridgehead atoms. The molecule has 21 heavy (non-hydrogen) atoms. The Labute approximate surface area is 123 Å². The Bertz CT molecular complexity index is 600. The summed E-state index contributed by atoms with van der Waals surface area (Å²) >= 11 is 0. The molecule has 2 aromatic carbocycles. The van der Waals surface area contributed by atoms with Crippen LogP contribution in [0.25, 0.3) is 0 Å². The zero-order valence-electron chi connectivity index (χ0n) is 11.5. The number of nitrogens with zero attached hydrogens (tertiary/aromatic N) is 1. The van der Waals surface area contributed by atoms with Crippen molar-refractivity contribution in [3.05, 3.63) is 71.3 Å². The molecule has 0 aliphatic heterocycles. The van der Waals surface area contributed by atoms with Gasteiger partial charge in [-0.3, -0.25) is 0 Å². The second-order valence-corrected chi connectivity index (χ2v) is 4.82. The molecule has 0 aromatic heterocycles. The van der Waals surface area contributed by atoms with Gasteiger partial charge in [0.05, 0.1) is 12.0 Å². The highest BCUT2D eigenvalue weighted by Crippen LogP contribution is 2.13. The standard InChI is InChI=1S/C17H16F2N2/c18-16-8-13(9-17(19)10-16)6-7-21-12-15(11-20)14-4-2-1-3-5-14/h1-5,8-10,15,21H,6-7,12H2. The number of nitriles is 1.